The summed E-state index contributed by atoms with van der Waals surface area (Å²) < 4.78 is 0. The zero-order valence-corrected chi connectivity index (χ0v) is 12.0. The highest BCUT2D eigenvalue weighted by atomic mass is 16.2. The molecule has 2 aromatic rings. The Bertz CT molecular complexity index is 709. The van der Waals surface area contributed by atoms with Gasteiger partial charge in [-0.15, -0.1) is 0 Å². The molecule has 2 amide bonds. The SMILES string of the molecule is Cc1cc(CNC2CCC(=O)NC2=O)c2ccccc2c1. The monoisotopic (exact) mass is 282 g/mol. The first-order chi connectivity index (χ1) is 10.1. The Morgan fingerprint density at radius 3 is 2.86 bits per heavy atom. The molecule has 1 heterocycles. The summed E-state index contributed by atoms with van der Waals surface area (Å²) in [5.74, 6) is -0.401. The molecule has 1 saturated heterocycles. The van der Waals surface area contributed by atoms with E-state index in [-0.39, 0.29) is 17.9 Å². The lowest BCUT2D eigenvalue weighted by molar-refractivity contribution is -0.134. The largest absolute Gasteiger partial charge is 0.302 e. The maximum absolute atomic E-state index is 11.8. The maximum atomic E-state index is 11.8. The second-order valence-corrected chi connectivity index (χ2v) is 5.53. The smallest absolute Gasteiger partial charge is 0.243 e. The summed E-state index contributed by atoms with van der Waals surface area (Å²) in [4.78, 5) is 22.9. The molecule has 1 unspecified atom stereocenters. The van der Waals surface area contributed by atoms with E-state index in [1.54, 1.807) is 0 Å². The number of rotatable bonds is 3. The van der Waals surface area contributed by atoms with Crippen LogP contribution in [0.5, 0.6) is 0 Å². The van der Waals surface area contributed by atoms with Crippen LogP contribution in [0, 0.1) is 6.92 Å². The van der Waals surface area contributed by atoms with Crippen molar-refractivity contribution < 1.29 is 9.59 Å². The van der Waals surface area contributed by atoms with Gasteiger partial charge < -0.3 is 5.32 Å². The number of fused-ring (bicyclic) bond motifs is 1. The highest BCUT2D eigenvalue weighted by molar-refractivity contribution is 6.00. The van der Waals surface area contributed by atoms with Gasteiger partial charge in [0.2, 0.25) is 11.8 Å². The molecule has 0 saturated carbocycles. The minimum absolute atomic E-state index is 0.181. The molecule has 1 fully saturated rings. The van der Waals surface area contributed by atoms with E-state index in [4.69, 9.17) is 0 Å². The molecule has 1 aliphatic heterocycles. The first-order valence-electron chi connectivity index (χ1n) is 7.19. The number of imide groups is 1. The third-order valence-electron chi connectivity index (χ3n) is 3.87. The highest BCUT2D eigenvalue weighted by Gasteiger charge is 2.25. The normalized spacial score (nSPS) is 18.8. The molecule has 0 spiro atoms. The molecule has 3 rings (SSSR count). The van der Waals surface area contributed by atoms with Crippen molar-refractivity contribution in [3.63, 3.8) is 0 Å². The second-order valence-electron chi connectivity index (χ2n) is 5.53. The molecule has 4 nitrogen and oxygen atoms in total. The predicted octanol–water partition coefficient (Wildman–Crippen LogP) is 2.04. The van der Waals surface area contributed by atoms with E-state index in [0.717, 1.165) is 0 Å². The quantitative estimate of drug-likeness (QED) is 0.847. The number of carbonyl (C=O) groups excluding carboxylic acids is 2. The fraction of sp³-hybridized carbons (Fsp3) is 0.294. The Labute approximate surface area is 123 Å². The average molecular weight is 282 g/mol. The van der Waals surface area contributed by atoms with Gasteiger partial charge in [0.1, 0.15) is 0 Å². The van der Waals surface area contributed by atoms with Crippen LogP contribution < -0.4 is 10.6 Å². The fourth-order valence-corrected chi connectivity index (χ4v) is 2.82. The van der Waals surface area contributed by atoms with Crippen molar-refractivity contribution in [2.75, 3.05) is 0 Å². The summed E-state index contributed by atoms with van der Waals surface area (Å²) in [6, 6.07) is 12.2. The lowest BCUT2D eigenvalue weighted by Gasteiger charge is -2.22. The van der Waals surface area contributed by atoms with Crippen LogP contribution in [0.1, 0.15) is 24.0 Å². The van der Waals surface area contributed by atoms with E-state index in [1.165, 1.54) is 21.9 Å². The maximum Gasteiger partial charge on any atom is 0.243 e. The van der Waals surface area contributed by atoms with Gasteiger partial charge in [0.05, 0.1) is 6.04 Å². The molecule has 4 heteroatoms. The van der Waals surface area contributed by atoms with Crippen LogP contribution in [0.2, 0.25) is 0 Å². The predicted molar refractivity (Wildman–Crippen MR) is 81.7 cm³/mol. The molecule has 1 aliphatic rings. The van der Waals surface area contributed by atoms with Gasteiger partial charge in [-0.3, -0.25) is 14.9 Å². The standard InChI is InChI=1S/C17H18N2O2/c1-11-8-12-4-2-3-5-14(12)13(9-11)10-18-15-6-7-16(20)19-17(15)21/h2-5,8-9,15,18H,6-7,10H2,1H3,(H,19,20,21). The molecule has 108 valence electrons. The number of amides is 2. The van der Waals surface area contributed by atoms with Crippen molar-refractivity contribution in [1.82, 2.24) is 10.6 Å². The number of hydrogen-bond donors (Lipinski definition) is 2. The third kappa shape index (κ3) is 2.95. The van der Waals surface area contributed by atoms with Crippen LogP contribution in [0.25, 0.3) is 10.8 Å². The average Bonchev–Trinajstić information content (AvgIpc) is 2.46. The van der Waals surface area contributed by atoms with Crippen molar-refractivity contribution in [3.8, 4) is 0 Å². The molecule has 21 heavy (non-hydrogen) atoms. The van der Waals surface area contributed by atoms with Gasteiger partial charge >= 0.3 is 0 Å². The van der Waals surface area contributed by atoms with Gasteiger partial charge in [-0.1, -0.05) is 42.0 Å². The van der Waals surface area contributed by atoms with Crippen LogP contribution in [0.15, 0.2) is 36.4 Å². The Morgan fingerprint density at radius 1 is 1.24 bits per heavy atom. The molecule has 0 aliphatic carbocycles. The first-order valence-corrected chi connectivity index (χ1v) is 7.19. The van der Waals surface area contributed by atoms with Crippen LogP contribution in [0.3, 0.4) is 0 Å². The number of piperidine rings is 1. The zero-order chi connectivity index (χ0) is 14.8. The van der Waals surface area contributed by atoms with Gasteiger partial charge in [0.25, 0.3) is 0 Å². The van der Waals surface area contributed by atoms with Crippen LogP contribution in [0.4, 0.5) is 0 Å². The minimum atomic E-state index is -0.290. The summed E-state index contributed by atoms with van der Waals surface area (Å²) >= 11 is 0. The van der Waals surface area contributed by atoms with Crippen molar-refractivity contribution in [2.24, 2.45) is 0 Å². The summed E-state index contributed by atoms with van der Waals surface area (Å²) in [7, 11) is 0. The third-order valence-corrected chi connectivity index (χ3v) is 3.87. The molecular formula is C17H18N2O2. The van der Waals surface area contributed by atoms with E-state index in [0.29, 0.717) is 19.4 Å². The fourth-order valence-electron chi connectivity index (χ4n) is 2.82. The zero-order valence-electron chi connectivity index (χ0n) is 12.0. The first kappa shape index (κ1) is 13.8. The molecule has 0 radical (unpaired) electrons. The summed E-state index contributed by atoms with van der Waals surface area (Å²) in [5.41, 5.74) is 2.38. The molecule has 1 atom stereocenters. The summed E-state index contributed by atoms with van der Waals surface area (Å²) in [6.07, 6.45) is 0.965. The number of carbonyl (C=O) groups is 2. The number of benzene rings is 2. The second kappa shape index (κ2) is 5.66. The van der Waals surface area contributed by atoms with Gasteiger partial charge in [-0.05, 0) is 29.7 Å². The molecule has 2 aromatic carbocycles. The molecule has 0 aromatic heterocycles. The van der Waals surface area contributed by atoms with Crippen molar-refractivity contribution >= 4 is 22.6 Å². The van der Waals surface area contributed by atoms with Crippen LogP contribution >= 0.6 is 0 Å². The van der Waals surface area contributed by atoms with Gasteiger partial charge in [0, 0.05) is 13.0 Å². The lowest BCUT2D eigenvalue weighted by Crippen LogP contribution is -2.50. The Balaban J connectivity index is 1.79. The number of nitrogens with one attached hydrogen (secondary N) is 2. The van der Waals surface area contributed by atoms with Gasteiger partial charge in [-0.2, -0.15) is 0 Å². The Hall–Kier alpha value is -2.20. The number of aryl methyl sites for hydroxylation is 1. The van der Waals surface area contributed by atoms with E-state index >= 15 is 0 Å². The molecular weight excluding hydrogens is 264 g/mol. The number of hydrogen-bond acceptors (Lipinski definition) is 3. The van der Waals surface area contributed by atoms with E-state index < -0.39 is 0 Å². The Morgan fingerprint density at radius 2 is 2.05 bits per heavy atom. The van der Waals surface area contributed by atoms with Crippen molar-refractivity contribution in [1.29, 1.82) is 0 Å². The van der Waals surface area contributed by atoms with Crippen molar-refractivity contribution in [3.05, 3.63) is 47.5 Å². The van der Waals surface area contributed by atoms with Gasteiger partial charge in [0.15, 0.2) is 0 Å². The van der Waals surface area contributed by atoms with Crippen LogP contribution in [-0.4, -0.2) is 17.9 Å². The summed E-state index contributed by atoms with van der Waals surface area (Å²) in [5, 5.41) is 8.04. The minimum Gasteiger partial charge on any atom is -0.302 e. The lowest BCUT2D eigenvalue weighted by atomic mass is 10.0. The summed E-state index contributed by atoms with van der Waals surface area (Å²) in [6.45, 7) is 2.69. The Kier molecular flexibility index (Phi) is 3.71. The molecule has 2 N–H and O–H groups in total. The molecule has 0 bridgehead atoms. The van der Waals surface area contributed by atoms with Crippen LogP contribution in [-0.2, 0) is 16.1 Å². The van der Waals surface area contributed by atoms with Gasteiger partial charge in [-0.25, -0.2) is 0 Å². The topological polar surface area (TPSA) is 58.2 Å². The van der Waals surface area contributed by atoms with E-state index in [2.05, 4.69) is 41.8 Å². The highest BCUT2D eigenvalue weighted by Crippen LogP contribution is 2.21. The van der Waals surface area contributed by atoms with Crippen molar-refractivity contribution in [2.45, 2.75) is 32.4 Å². The van der Waals surface area contributed by atoms with E-state index in [9.17, 15) is 9.59 Å². The van der Waals surface area contributed by atoms with E-state index in [1.807, 2.05) is 12.1 Å².